The second-order valence-electron chi connectivity index (χ2n) is 6.88. The molecule has 9 nitrogen and oxygen atoms in total. The molecule has 28 heavy (non-hydrogen) atoms. The topological polar surface area (TPSA) is 93.7 Å². The summed E-state index contributed by atoms with van der Waals surface area (Å²) in [6.07, 6.45) is 1.55. The van der Waals surface area contributed by atoms with Crippen LogP contribution in [0.15, 0.2) is 30.5 Å². The average molecular weight is 387 g/mol. The summed E-state index contributed by atoms with van der Waals surface area (Å²) in [5, 5.41) is 15.0. The Bertz CT molecular complexity index is 843. The zero-order valence-corrected chi connectivity index (χ0v) is 16.2. The van der Waals surface area contributed by atoms with Crippen molar-refractivity contribution in [1.82, 2.24) is 19.6 Å². The van der Waals surface area contributed by atoms with E-state index in [1.807, 2.05) is 11.0 Å². The molecule has 150 valence electrons. The lowest BCUT2D eigenvalue weighted by molar-refractivity contribution is -0.385. The van der Waals surface area contributed by atoms with E-state index >= 15 is 0 Å². The standard InChI is InChI=1S/C19H25N5O4/c1-15-5-3-4-6-16(15)13-21-9-11-22(12-10-21)18(25)7-8-23-14-17(24(26)27)19(20-23)28-2/h3-6,14H,7-13H2,1-2H3. The maximum atomic E-state index is 12.5. The summed E-state index contributed by atoms with van der Waals surface area (Å²) in [5.41, 5.74) is 2.40. The highest BCUT2D eigenvalue weighted by Gasteiger charge is 2.23. The van der Waals surface area contributed by atoms with Gasteiger partial charge in [0.1, 0.15) is 6.20 Å². The monoisotopic (exact) mass is 387 g/mol. The van der Waals surface area contributed by atoms with Crippen LogP contribution in [-0.2, 0) is 17.9 Å². The molecule has 0 N–H and O–H groups in total. The van der Waals surface area contributed by atoms with Crippen molar-refractivity contribution < 1.29 is 14.5 Å². The molecule has 0 spiro atoms. The lowest BCUT2D eigenvalue weighted by atomic mass is 10.1. The van der Waals surface area contributed by atoms with E-state index < -0.39 is 4.92 Å². The third-order valence-corrected chi connectivity index (χ3v) is 5.03. The first-order valence-electron chi connectivity index (χ1n) is 9.28. The van der Waals surface area contributed by atoms with Crippen LogP contribution in [0.5, 0.6) is 5.88 Å². The number of carbonyl (C=O) groups is 1. The zero-order valence-electron chi connectivity index (χ0n) is 16.2. The SMILES string of the molecule is COc1nn(CCC(=O)N2CCN(Cc3ccccc3C)CC2)cc1[N+](=O)[O-]. The first-order chi connectivity index (χ1) is 13.5. The van der Waals surface area contributed by atoms with Crippen molar-refractivity contribution in [3.63, 3.8) is 0 Å². The lowest BCUT2D eigenvalue weighted by Crippen LogP contribution is -2.48. The quantitative estimate of drug-likeness (QED) is 0.532. The Morgan fingerprint density at radius 2 is 1.96 bits per heavy atom. The number of rotatable bonds is 7. The van der Waals surface area contributed by atoms with Gasteiger partial charge in [0.15, 0.2) is 0 Å². The molecule has 3 rings (SSSR count). The lowest BCUT2D eigenvalue weighted by Gasteiger charge is -2.35. The minimum atomic E-state index is -0.544. The number of hydrogen-bond acceptors (Lipinski definition) is 6. The summed E-state index contributed by atoms with van der Waals surface area (Å²) in [7, 11) is 1.33. The van der Waals surface area contributed by atoms with Gasteiger partial charge in [-0.25, -0.2) is 0 Å². The van der Waals surface area contributed by atoms with Crippen molar-refractivity contribution in [3.8, 4) is 5.88 Å². The fourth-order valence-corrected chi connectivity index (χ4v) is 3.33. The van der Waals surface area contributed by atoms with Crippen molar-refractivity contribution in [2.24, 2.45) is 0 Å². The van der Waals surface area contributed by atoms with Crippen LogP contribution in [0.25, 0.3) is 0 Å². The van der Waals surface area contributed by atoms with Gasteiger partial charge in [0.05, 0.1) is 18.6 Å². The van der Waals surface area contributed by atoms with E-state index in [2.05, 4.69) is 35.1 Å². The van der Waals surface area contributed by atoms with Crippen molar-refractivity contribution >= 4 is 11.6 Å². The summed E-state index contributed by atoms with van der Waals surface area (Å²) in [6.45, 7) is 6.34. The van der Waals surface area contributed by atoms with Crippen molar-refractivity contribution in [1.29, 1.82) is 0 Å². The molecular weight excluding hydrogens is 362 g/mol. The molecule has 2 heterocycles. The van der Waals surface area contributed by atoms with Gasteiger partial charge in [0.2, 0.25) is 5.91 Å². The summed E-state index contributed by atoms with van der Waals surface area (Å²) in [6, 6.07) is 8.35. The maximum Gasteiger partial charge on any atom is 0.350 e. The van der Waals surface area contributed by atoms with Crippen molar-refractivity contribution in [2.45, 2.75) is 26.4 Å². The molecule has 1 aliphatic heterocycles. The number of amides is 1. The third kappa shape index (κ3) is 4.66. The van der Waals surface area contributed by atoms with E-state index in [4.69, 9.17) is 4.74 Å². The number of ether oxygens (including phenoxy) is 1. The van der Waals surface area contributed by atoms with E-state index in [0.717, 1.165) is 19.6 Å². The number of piperazine rings is 1. The normalized spacial score (nSPS) is 14.9. The van der Waals surface area contributed by atoms with Gasteiger partial charge in [0.25, 0.3) is 0 Å². The molecule has 0 atom stereocenters. The largest absolute Gasteiger partial charge is 0.475 e. The van der Waals surface area contributed by atoms with Gasteiger partial charge in [-0.1, -0.05) is 24.3 Å². The van der Waals surface area contributed by atoms with Gasteiger partial charge in [-0.15, -0.1) is 5.10 Å². The molecule has 1 aromatic carbocycles. The highest BCUT2D eigenvalue weighted by atomic mass is 16.6. The molecular formula is C19H25N5O4. The molecule has 0 aliphatic carbocycles. The molecule has 0 saturated carbocycles. The molecule has 2 aromatic rings. The zero-order chi connectivity index (χ0) is 20.1. The molecule has 1 aromatic heterocycles. The third-order valence-electron chi connectivity index (χ3n) is 5.03. The number of hydrogen-bond donors (Lipinski definition) is 0. The van der Waals surface area contributed by atoms with Crippen LogP contribution in [0.1, 0.15) is 17.5 Å². The van der Waals surface area contributed by atoms with Crippen LogP contribution in [-0.4, -0.2) is 63.7 Å². The Kier molecular flexibility index (Phi) is 6.25. The average Bonchev–Trinajstić information content (AvgIpc) is 3.12. The van der Waals surface area contributed by atoms with E-state index in [0.29, 0.717) is 13.1 Å². The highest BCUT2D eigenvalue weighted by molar-refractivity contribution is 5.76. The van der Waals surface area contributed by atoms with Crippen LogP contribution in [0.2, 0.25) is 0 Å². The van der Waals surface area contributed by atoms with Gasteiger partial charge >= 0.3 is 11.6 Å². The first-order valence-corrected chi connectivity index (χ1v) is 9.28. The van der Waals surface area contributed by atoms with Crippen LogP contribution in [0.3, 0.4) is 0 Å². The fourth-order valence-electron chi connectivity index (χ4n) is 3.33. The minimum Gasteiger partial charge on any atom is -0.475 e. The molecule has 9 heteroatoms. The fraction of sp³-hybridized carbons (Fsp3) is 0.474. The number of aryl methyl sites for hydroxylation is 2. The minimum absolute atomic E-state index is 0.0349. The second kappa shape index (κ2) is 8.83. The van der Waals surface area contributed by atoms with E-state index in [9.17, 15) is 14.9 Å². The highest BCUT2D eigenvalue weighted by Crippen LogP contribution is 2.24. The number of benzene rings is 1. The van der Waals surface area contributed by atoms with Crippen molar-refractivity contribution in [3.05, 3.63) is 51.7 Å². The Morgan fingerprint density at radius 3 is 2.57 bits per heavy atom. The van der Waals surface area contributed by atoms with E-state index in [1.165, 1.54) is 29.1 Å². The van der Waals surface area contributed by atoms with Gasteiger partial charge in [-0.2, -0.15) is 0 Å². The summed E-state index contributed by atoms with van der Waals surface area (Å²) < 4.78 is 6.30. The first kappa shape index (κ1) is 19.8. The Morgan fingerprint density at radius 1 is 1.25 bits per heavy atom. The number of nitro groups is 1. The summed E-state index contributed by atoms with van der Waals surface area (Å²) in [4.78, 5) is 27.1. The molecule has 0 radical (unpaired) electrons. The summed E-state index contributed by atoms with van der Waals surface area (Å²) >= 11 is 0. The number of aromatic nitrogens is 2. The van der Waals surface area contributed by atoms with E-state index in [1.54, 1.807) is 0 Å². The molecule has 1 amide bonds. The number of nitrogens with zero attached hydrogens (tertiary/aromatic N) is 5. The molecule has 1 fully saturated rings. The second-order valence-corrected chi connectivity index (χ2v) is 6.88. The predicted molar refractivity (Wildman–Crippen MR) is 103 cm³/mol. The van der Waals surface area contributed by atoms with Crippen LogP contribution >= 0.6 is 0 Å². The molecule has 1 saturated heterocycles. The van der Waals surface area contributed by atoms with Crippen LogP contribution < -0.4 is 4.74 Å². The maximum absolute atomic E-state index is 12.5. The molecule has 0 bridgehead atoms. The van der Waals surface area contributed by atoms with E-state index in [-0.39, 0.29) is 30.4 Å². The number of carbonyl (C=O) groups excluding carboxylic acids is 1. The van der Waals surface area contributed by atoms with Gasteiger partial charge < -0.3 is 9.64 Å². The Labute approximate surface area is 163 Å². The summed E-state index contributed by atoms with van der Waals surface area (Å²) in [5.74, 6) is -0.00469. The van der Waals surface area contributed by atoms with Crippen LogP contribution in [0.4, 0.5) is 5.69 Å². The van der Waals surface area contributed by atoms with Gasteiger partial charge in [-0.3, -0.25) is 24.5 Å². The predicted octanol–water partition coefficient (Wildman–Crippen LogP) is 1.84. The molecule has 0 unspecified atom stereocenters. The van der Waals surface area contributed by atoms with Gasteiger partial charge in [0, 0.05) is 39.1 Å². The smallest absolute Gasteiger partial charge is 0.350 e. The molecule has 1 aliphatic rings. The van der Waals surface area contributed by atoms with Crippen molar-refractivity contribution in [2.75, 3.05) is 33.3 Å². The van der Waals surface area contributed by atoms with Gasteiger partial charge in [-0.05, 0) is 18.1 Å². The van der Waals surface area contributed by atoms with Crippen LogP contribution in [0, 0.1) is 17.0 Å². The number of methoxy groups -OCH3 is 1. The Hall–Kier alpha value is -2.94. The Balaban J connectivity index is 1.48.